The molecule has 2 nitrogen and oxygen atoms in total. The zero-order chi connectivity index (χ0) is 13.1. The van der Waals surface area contributed by atoms with Gasteiger partial charge < -0.3 is 9.73 Å². The Balaban J connectivity index is 2.18. The van der Waals surface area contributed by atoms with Crippen LogP contribution in [-0.4, -0.2) is 6.04 Å². The van der Waals surface area contributed by atoms with Crippen molar-refractivity contribution in [2.75, 3.05) is 0 Å². The van der Waals surface area contributed by atoms with Gasteiger partial charge in [-0.1, -0.05) is 37.6 Å². The maximum atomic E-state index is 5.88. The quantitative estimate of drug-likeness (QED) is 0.876. The fraction of sp³-hybridized carbons (Fsp3) is 0.375. The zero-order valence-electron chi connectivity index (χ0n) is 11.6. The van der Waals surface area contributed by atoms with Crippen molar-refractivity contribution in [1.82, 2.24) is 5.32 Å². The molecule has 0 saturated heterocycles. The summed E-state index contributed by atoms with van der Waals surface area (Å²) < 4.78 is 5.88. The second kappa shape index (κ2) is 5.40. The van der Waals surface area contributed by atoms with Gasteiger partial charge in [-0.3, -0.25) is 0 Å². The predicted molar refractivity (Wildman–Crippen MR) is 75.6 cm³/mol. The summed E-state index contributed by atoms with van der Waals surface area (Å²) in [4.78, 5) is 0. The van der Waals surface area contributed by atoms with E-state index >= 15 is 0 Å². The first kappa shape index (κ1) is 12.9. The molecule has 0 fully saturated rings. The van der Waals surface area contributed by atoms with E-state index in [1.54, 1.807) is 0 Å². The Hall–Kier alpha value is -1.54. The lowest BCUT2D eigenvalue weighted by atomic mass is 10.0. The summed E-state index contributed by atoms with van der Waals surface area (Å²) in [6.45, 7) is 9.28. The van der Waals surface area contributed by atoms with Gasteiger partial charge in [0.2, 0.25) is 0 Å². The average molecular weight is 243 g/mol. The Labute approximate surface area is 109 Å². The molecular weight excluding hydrogens is 222 g/mol. The van der Waals surface area contributed by atoms with Crippen molar-refractivity contribution >= 4 is 0 Å². The molecule has 2 heteroatoms. The molecule has 1 N–H and O–H groups in total. The SMILES string of the molecule is Cc1ccc(-c2ccc(CNC(C)C)o2)c(C)c1. The lowest BCUT2D eigenvalue weighted by molar-refractivity contribution is 0.473. The highest BCUT2D eigenvalue weighted by molar-refractivity contribution is 5.62. The number of hydrogen-bond donors (Lipinski definition) is 1. The molecule has 96 valence electrons. The molecule has 0 radical (unpaired) electrons. The second-order valence-corrected chi connectivity index (χ2v) is 5.12. The minimum absolute atomic E-state index is 0.472. The minimum Gasteiger partial charge on any atom is -0.460 e. The Kier molecular flexibility index (Phi) is 3.87. The lowest BCUT2D eigenvalue weighted by Gasteiger charge is -2.06. The Morgan fingerprint density at radius 1 is 1.11 bits per heavy atom. The van der Waals surface area contributed by atoms with Gasteiger partial charge >= 0.3 is 0 Å². The molecule has 0 bridgehead atoms. The summed E-state index contributed by atoms with van der Waals surface area (Å²) in [5.41, 5.74) is 3.72. The van der Waals surface area contributed by atoms with Crippen molar-refractivity contribution < 1.29 is 4.42 Å². The minimum atomic E-state index is 0.472. The highest BCUT2D eigenvalue weighted by atomic mass is 16.3. The number of rotatable bonds is 4. The van der Waals surface area contributed by atoms with Crippen molar-refractivity contribution in [3.8, 4) is 11.3 Å². The monoisotopic (exact) mass is 243 g/mol. The van der Waals surface area contributed by atoms with E-state index in [-0.39, 0.29) is 0 Å². The summed E-state index contributed by atoms with van der Waals surface area (Å²) in [5.74, 6) is 1.94. The summed E-state index contributed by atoms with van der Waals surface area (Å²) in [6, 6.07) is 11.0. The van der Waals surface area contributed by atoms with E-state index in [9.17, 15) is 0 Å². The molecule has 1 aromatic carbocycles. The number of furan rings is 1. The predicted octanol–water partition coefficient (Wildman–Crippen LogP) is 4.06. The first-order valence-electron chi connectivity index (χ1n) is 6.46. The van der Waals surface area contributed by atoms with Gasteiger partial charge in [0.1, 0.15) is 11.5 Å². The molecule has 0 spiro atoms. The lowest BCUT2D eigenvalue weighted by Crippen LogP contribution is -2.21. The average Bonchev–Trinajstić information content (AvgIpc) is 2.75. The van der Waals surface area contributed by atoms with Crippen molar-refractivity contribution in [1.29, 1.82) is 0 Å². The highest BCUT2D eigenvalue weighted by Crippen LogP contribution is 2.26. The third-order valence-electron chi connectivity index (χ3n) is 2.99. The fourth-order valence-corrected chi connectivity index (χ4v) is 2.01. The molecule has 1 heterocycles. The van der Waals surface area contributed by atoms with Crippen LogP contribution in [0.3, 0.4) is 0 Å². The van der Waals surface area contributed by atoms with Crippen molar-refractivity contribution in [3.05, 3.63) is 47.2 Å². The molecular formula is C16H21NO. The molecule has 0 unspecified atom stereocenters. The molecule has 2 rings (SSSR count). The van der Waals surface area contributed by atoms with E-state index < -0.39 is 0 Å². The van der Waals surface area contributed by atoms with E-state index in [2.05, 4.69) is 57.3 Å². The van der Waals surface area contributed by atoms with Crippen LogP contribution < -0.4 is 5.32 Å². The maximum absolute atomic E-state index is 5.88. The van der Waals surface area contributed by atoms with Crippen LogP contribution in [0.2, 0.25) is 0 Å². The number of benzene rings is 1. The Bertz CT molecular complexity index is 526. The van der Waals surface area contributed by atoms with Gasteiger partial charge in [-0.25, -0.2) is 0 Å². The van der Waals surface area contributed by atoms with Crippen LogP contribution in [0.5, 0.6) is 0 Å². The molecule has 1 aromatic heterocycles. The summed E-state index contributed by atoms with van der Waals surface area (Å²) in [7, 11) is 0. The highest BCUT2D eigenvalue weighted by Gasteiger charge is 2.07. The standard InChI is InChI=1S/C16H21NO/c1-11(2)17-10-14-6-8-16(18-14)15-7-5-12(3)9-13(15)4/h5-9,11,17H,10H2,1-4H3. The normalized spacial score (nSPS) is 11.2. The van der Waals surface area contributed by atoms with E-state index in [1.807, 2.05) is 6.07 Å². The van der Waals surface area contributed by atoms with Gasteiger partial charge in [0.25, 0.3) is 0 Å². The first-order valence-corrected chi connectivity index (χ1v) is 6.46. The van der Waals surface area contributed by atoms with Crippen LogP contribution in [0.4, 0.5) is 0 Å². The Morgan fingerprint density at radius 3 is 2.56 bits per heavy atom. The fourth-order valence-electron chi connectivity index (χ4n) is 2.01. The topological polar surface area (TPSA) is 25.2 Å². The van der Waals surface area contributed by atoms with Gasteiger partial charge in [-0.05, 0) is 31.5 Å². The van der Waals surface area contributed by atoms with Gasteiger partial charge in [-0.15, -0.1) is 0 Å². The van der Waals surface area contributed by atoms with E-state index in [1.165, 1.54) is 16.7 Å². The smallest absolute Gasteiger partial charge is 0.134 e. The van der Waals surface area contributed by atoms with E-state index in [0.29, 0.717) is 6.04 Å². The van der Waals surface area contributed by atoms with Crippen LogP contribution in [0.1, 0.15) is 30.7 Å². The van der Waals surface area contributed by atoms with E-state index in [0.717, 1.165) is 18.1 Å². The molecule has 0 aliphatic heterocycles. The van der Waals surface area contributed by atoms with Crippen LogP contribution in [0.15, 0.2) is 34.7 Å². The van der Waals surface area contributed by atoms with Crippen molar-refractivity contribution in [2.45, 2.75) is 40.3 Å². The summed E-state index contributed by atoms with van der Waals surface area (Å²) in [5, 5.41) is 3.36. The molecule has 0 saturated carbocycles. The third kappa shape index (κ3) is 3.02. The largest absolute Gasteiger partial charge is 0.460 e. The number of hydrogen-bond acceptors (Lipinski definition) is 2. The van der Waals surface area contributed by atoms with E-state index in [4.69, 9.17) is 4.42 Å². The van der Waals surface area contributed by atoms with Crippen molar-refractivity contribution in [3.63, 3.8) is 0 Å². The second-order valence-electron chi connectivity index (χ2n) is 5.12. The molecule has 0 aliphatic carbocycles. The van der Waals surface area contributed by atoms with Crippen LogP contribution >= 0.6 is 0 Å². The molecule has 18 heavy (non-hydrogen) atoms. The number of nitrogens with one attached hydrogen (secondary N) is 1. The van der Waals surface area contributed by atoms with Gasteiger partial charge in [-0.2, -0.15) is 0 Å². The number of aryl methyl sites for hydroxylation is 2. The van der Waals surface area contributed by atoms with Gasteiger partial charge in [0.15, 0.2) is 0 Å². The van der Waals surface area contributed by atoms with Crippen molar-refractivity contribution in [2.24, 2.45) is 0 Å². The zero-order valence-corrected chi connectivity index (χ0v) is 11.6. The van der Waals surface area contributed by atoms with Crippen LogP contribution in [-0.2, 0) is 6.54 Å². The maximum Gasteiger partial charge on any atom is 0.134 e. The Morgan fingerprint density at radius 2 is 1.89 bits per heavy atom. The summed E-state index contributed by atoms with van der Waals surface area (Å²) >= 11 is 0. The van der Waals surface area contributed by atoms with Crippen LogP contribution in [0.25, 0.3) is 11.3 Å². The third-order valence-corrected chi connectivity index (χ3v) is 2.99. The molecule has 2 aromatic rings. The molecule has 0 amide bonds. The molecule has 0 atom stereocenters. The summed E-state index contributed by atoms with van der Waals surface area (Å²) in [6.07, 6.45) is 0. The van der Waals surface area contributed by atoms with Gasteiger partial charge in [0, 0.05) is 11.6 Å². The van der Waals surface area contributed by atoms with Gasteiger partial charge in [0.05, 0.1) is 6.54 Å². The molecule has 0 aliphatic rings. The first-order chi connectivity index (χ1) is 8.56. The van der Waals surface area contributed by atoms with Crippen LogP contribution in [0, 0.1) is 13.8 Å².